The van der Waals surface area contributed by atoms with Gasteiger partial charge in [-0.1, -0.05) is 18.2 Å². The number of carboxylic acid groups (broad SMARTS) is 1. The summed E-state index contributed by atoms with van der Waals surface area (Å²) in [5.41, 5.74) is 0.228. The van der Waals surface area contributed by atoms with E-state index in [1.807, 2.05) is 30.3 Å². The summed E-state index contributed by atoms with van der Waals surface area (Å²) in [6.07, 6.45) is 1.13. The maximum Gasteiger partial charge on any atom is 0.341 e. The van der Waals surface area contributed by atoms with Crippen molar-refractivity contribution in [1.82, 2.24) is 4.98 Å². The molecule has 0 saturated carbocycles. The molecule has 2 N–H and O–H groups in total. The number of hydrogen-bond donors (Lipinski definition) is 2. The molecule has 0 bridgehead atoms. The average Bonchev–Trinajstić information content (AvgIpc) is 2.59. The molecule has 0 fully saturated rings. The largest absolute Gasteiger partial charge is 0.506 e. The molecule has 0 radical (unpaired) electrons. The lowest BCUT2D eigenvalue weighted by molar-refractivity contribution is 0.0693. The van der Waals surface area contributed by atoms with Crippen LogP contribution in [0, 0.1) is 0 Å². The first-order valence-electron chi connectivity index (χ1n) is 7.31. The molecule has 0 unspecified atom stereocenters. The van der Waals surface area contributed by atoms with E-state index in [1.165, 1.54) is 0 Å². The minimum Gasteiger partial charge on any atom is -0.506 e. The average molecular weight is 325 g/mol. The molecule has 0 aliphatic carbocycles. The first-order valence-corrected chi connectivity index (χ1v) is 7.31. The molecule has 0 amide bonds. The minimum absolute atomic E-state index is 0.229. The van der Waals surface area contributed by atoms with Crippen LogP contribution in [0.15, 0.2) is 54.7 Å². The highest BCUT2D eigenvalue weighted by Gasteiger charge is 2.14. The van der Waals surface area contributed by atoms with E-state index in [0.717, 1.165) is 11.9 Å². The number of aromatic carboxylic acids is 1. The molecule has 3 rings (SSSR count). The Hall–Kier alpha value is -3.28. The van der Waals surface area contributed by atoms with Crippen LogP contribution in [0.5, 0.6) is 17.2 Å². The van der Waals surface area contributed by atoms with Gasteiger partial charge >= 0.3 is 5.97 Å². The van der Waals surface area contributed by atoms with Gasteiger partial charge in [-0.3, -0.25) is 4.98 Å². The van der Waals surface area contributed by atoms with Gasteiger partial charge in [-0.05, 0) is 24.3 Å². The number of fused-ring (bicyclic) bond motifs is 1. The summed E-state index contributed by atoms with van der Waals surface area (Å²) < 4.78 is 11.1. The lowest BCUT2D eigenvalue weighted by Gasteiger charge is -2.09. The Kier molecular flexibility index (Phi) is 4.47. The fourth-order valence-electron chi connectivity index (χ4n) is 2.24. The number of carboxylic acids is 1. The van der Waals surface area contributed by atoms with Crippen molar-refractivity contribution in [2.75, 3.05) is 13.2 Å². The molecule has 3 aromatic rings. The van der Waals surface area contributed by atoms with Gasteiger partial charge in [0.2, 0.25) is 0 Å². The van der Waals surface area contributed by atoms with Gasteiger partial charge in [-0.25, -0.2) is 4.79 Å². The third kappa shape index (κ3) is 3.38. The molecule has 6 heteroatoms. The van der Waals surface area contributed by atoms with E-state index in [9.17, 15) is 9.90 Å². The molecular formula is C18H15NO5. The molecule has 1 aromatic heterocycles. The van der Waals surface area contributed by atoms with Crippen LogP contribution in [0.25, 0.3) is 10.9 Å². The monoisotopic (exact) mass is 325 g/mol. The Morgan fingerprint density at radius 2 is 1.71 bits per heavy atom. The van der Waals surface area contributed by atoms with Crippen LogP contribution in [0.4, 0.5) is 0 Å². The van der Waals surface area contributed by atoms with Crippen LogP contribution in [0.1, 0.15) is 10.4 Å². The predicted molar refractivity (Wildman–Crippen MR) is 87.8 cm³/mol. The number of rotatable bonds is 6. The predicted octanol–water partition coefficient (Wildman–Crippen LogP) is 3.10. The topological polar surface area (TPSA) is 88.9 Å². The minimum atomic E-state index is -1.22. The number of para-hydroxylation sites is 1. The lowest BCUT2D eigenvalue weighted by atomic mass is 10.1. The second-order valence-corrected chi connectivity index (χ2v) is 5.01. The van der Waals surface area contributed by atoms with E-state index in [2.05, 4.69) is 4.98 Å². The molecular weight excluding hydrogens is 310 g/mol. The summed E-state index contributed by atoms with van der Waals surface area (Å²) in [5.74, 6) is -0.187. The number of hydrogen-bond acceptors (Lipinski definition) is 5. The van der Waals surface area contributed by atoms with Gasteiger partial charge in [-0.15, -0.1) is 0 Å². The van der Waals surface area contributed by atoms with Gasteiger partial charge in [0.25, 0.3) is 0 Å². The smallest absolute Gasteiger partial charge is 0.341 e. The van der Waals surface area contributed by atoms with Crippen LogP contribution in [0.2, 0.25) is 0 Å². The highest BCUT2D eigenvalue weighted by atomic mass is 16.5. The molecule has 0 saturated heterocycles. The molecule has 2 aromatic carbocycles. The molecule has 6 nitrogen and oxygen atoms in total. The zero-order valence-electron chi connectivity index (χ0n) is 12.7. The third-order valence-electron chi connectivity index (χ3n) is 3.41. The molecule has 0 aliphatic rings. The molecule has 122 valence electrons. The van der Waals surface area contributed by atoms with Crippen molar-refractivity contribution in [2.45, 2.75) is 0 Å². The van der Waals surface area contributed by atoms with Crippen molar-refractivity contribution in [2.24, 2.45) is 0 Å². The number of aromatic nitrogens is 1. The number of carbonyl (C=O) groups is 1. The lowest BCUT2D eigenvalue weighted by Crippen LogP contribution is -2.08. The zero-order chi connectivity index (χ0) is 16.9. The SMILES string of the molecule is O=C(O)c1cnc2cc(OCCOc3ccccc3)ccc2c1O. The maximum atomic E-state index is 11.0. The van der Waals surface area contributed by atoms with Gasteiger partial charge < -0.3 is 19.7 Å². The van der Waals surface area contributed by atoms with E-state index in [-0.39, 0.29) is 11.3 Å². The maximum absolute atomic E-state index is 11.0. The van der Waals surface area contributed by atoms with Gasteiger partial charge in [0.05, 0.1) is 5.52 Å². The van der Waals surface area contributed by atoms with Crippen LogP contribution in [0.3, 0.4) is 0 Å². The molecule has 1 heterocycles. The van der Waals surface area contributed by atoms with Gasteiger partial charge in [0.15, 0.2) is 0 Å². The van der Waals surface area contributed by atoms with E-state index in [1.54, 1.807) is 18.2 Å². The Morgan fingerprint density at radius 1 is 1.00 bits per heavy atom. The zero-order valence-corrected chi connectivity index (χ0v) is 12.7. The summed E-state index contributed by atoms with van der Waals surface area (Å²) >= 11 is 0. The second-order valence-electron chi connectivity index (χ2n) is 5.01. The standard InChI is InChI=1S/C18H15NO5/c20-17-14-7-6-13(10-16(14)19-11-15(17)18(21)22)24-9-8-23-12-4-2-1-3-5-12/h1-7,10-11H,8-9H2,(H,19,20)(H,21,22). The Labute approximate surface area is 137 Å². The summed E-state index contributed by atoms with van der Waals surface area (Å²) in [7, 11) is 0. The van der Waals surface area contributed by atoms with E-state index < -0.39 is 5.97 Å². The summed E-state index contributed by atoms with van der Waals surface area (Å²) in [6, 6.07) is 14.3. The highest BCUT2D eigenvalue weighted by molar-refractivity contribution is 5.98. The quantitative estimate of drug-likeness (QED) is 0.677. The van der Waals surface area contributed by atoms with Crippen molar-refractivity contribution in [3.63, 3.8) is 0 Å². The van der Waals surface area contributed by atoms with Crippen LogP contribution in [-0.4, -0.2) is 34.4 Å². The summed E-state index contributed by atoms with van der Waals surface area (Å²) in [5, 5.41) is 19.3. The van der Waals surface area contributed by atoms with Crippen molar-refractivity contribution in [3.05, 3.63) is 60.3 Å². The van der Waals surface area contributed by atoms with E-state index in [4.69, 9.17) is 14.6 Å². The highest BCUT2D eigenvalue weighted by Crippen LogP contribution is 2.29. The van der Waals surface area contributed by atoms with Crippen LogP contribution in [-0.2, 0) is 0 Å². The van der Waals surface area contributed by atoms with Crippen molar-refractivity contribution in [3.8, 4) is 17.2 Å². The molecule has 0 spiro atoms. The summed E-state index contributed by atoms with van der Waals surface area (Å²) in [6.45, 7) is 0.734. The van der Waals surface area contributed by atoms with Crippen LogP contribution >= 0.6 is 0 Å². The fraction of sp³-hybridized carbons (Fsp3) is 0.111. The number of pyridine rings is 1. The Morgan fingerprint density at radius 3 is 2.42 bits per heavy atom. The van der Waals surface area contributed by atoms with Crippen molar-refractivity contribution >= 4 is 16.9 Å². The first kappa shape index (κ1) is 15.6. The van der Waals surface area contributed by atoms with Gasteiger partial charge in [0.1, 0.15) is 36.0 Å². The second kappa shape index (κ2) is 6.87. The number of ether oxygens (including phenoxy) is 2. The van der Waals surface area contributed by atoms with Gasteiger partial charge in [0, 0.05) is 17.6 Å². The Balaban J connectivity index is 1.65. The third-order valence-corrected chi connectivity index (χ3v) is 3.41. The normalized spacial score (nSPS) is 10.5. The molecule has 0 aliphatic heterocycles. The first-order chi connectivity index (χ1) is 11.6. The molecule has 0 atom stereocenters. The molecule has 24 heavy (non-hydrogen) atoms. The number of benzene rings is 2. The number of nitrogens with zero attached hydrogens (tertiary/aromatic N) is 1. The Bertz CT molecular complexity index is 864. The fourth-order valence-corrected chi connectivity index (χ4v) is 2.24. The van der Waals surface area contributed by atoms with E-state index in [0.29, 0.717) is 29.9 Å². The number of aromatic hydroxyl groups is 1. The van der Waals surface area contributed by atoms with E-state index >= 15 is 0 Å². The summed E-state index contributed by atoms with van der Waals surface area (Å²) in [4.78, 5) is 15.0. The van der Waals surface area contributed by atoms with Crippen molar-refractivity contribution < 1.29 is 24.5 Å². The van der Waals surface area contributed by atoms with Crippen molar-refractivity contribution in [1.29, 1.82) is 0 Å². The van der Waals surface area contributed by atoms with Gasteiger partial charge in [-0.2, -0.15) is 0 Å². The van der Waals surface area contributed by atoms with Crippen LogP contribution < -0.4 is 9.47 Å².